The van der Waals surface area contributed by atoms with Gasteiger partial charge in [0.2, 0.25) is 5.82 Å². The lowest BCUT2D eigenvalue weighted by atomic mass is 10.2. The first kappa shape index (κ1) is 17.5. The minimum atomic E-state index is -4.43. The second kappa shape index (κ2) is 6.19. The number of hydrogen-bond donors (Lipinski definition) is 2. The Labute approximate surface area is 147 Å². The third-order valence-corrected chi connectivity index (χ3v) is 4.84. The Kier molecular flexibility index (Phi) is 4.16. The van der Waals surface area contributed by atoms with Gasteiger partial charge in [-0.3, -0.25) is 4.79 Å². The van der Waals surface area contributed by atoms with Crippen LogP contribution >= 0.6 is 0 Å². The van der Waals surface area contributed by atoms with E-state index in [1.807, 2.05) is 0 Å². The van der Waals surface area contributed by atoms with Crippen LogP contribution in [0.3, 0.4) is 0 Å². The molecule has 0 saturated carbocycles. The second-order valence-corrected chi connectivity index (χ2v) is 7.07. The molecule has 0 unspecified atom stereocenters. The molecule has 0 aliphatic rings. The van der Waals surface area contributed by atoms with E-state index in [9.17, 15) is 18.0 Å². The summed E-state index contributed by atoms with van der Waals surface area (Å²) in [5.41, 5.74) is 0.874. The van der Waals surface area contributed by atoms with Crippen LogP contribution in [-0.2, 0) is 10.0 Å². The van der Waals surface area contributed by atoms with Crippen molar-refractivity contribution in [1.29, 1.82) is 0 Å². The molecule has 0 aliphatic heterocycles. The third kappa shape index (κ3) is 3.11. The van der Waals surface area contributed by atoms with E-state index in [-0.39, 0.29) is 5.78 Å². The van der Waals surface area contributed by atoms with Gasteiger partial charge in [-0.05, 0) is 32.0 Å². The van der Waals surface area contributed by atoms with E-state index in [2.05, 4.69) is 15.1 Å². The smallest absolute Gasteiger partial charge is 0.337 e. The van der Waals surface area contributed by atoms with Crippen molar-refractivity contribution in [1.82, 2.24) is 24.3 Å². The zero-order chi connectivity index (χ0) is 19.1. The highest BCUT2D eigenvalue weighted by atomic mass is 32.2. The van der Waals surface area contributed by atoms with Gasteiger partial charge in [0.25, 0.3) is 15.8 Å². The number of rotatable bonds is 4. The van der Waals surface area contributed by atoms with Crippen LogP contribution in [0, 0.1) is 13.8 Å². The van der Waals surface area contributed by atoms with Crippen molar-refractivity contribution in [2.75, 3.05) is 0 Å². The molecule has 0 radical (unpaired) electrons. The average molecular weight is 375 g/mol. The second-order valence-electron chi connectivity index (χ2n) is 5.42. The van der Waals surface area contributed by atoms with Crippen LogP contribution in [0.5, 0.6) is 0 Å². The molecule has 10 nitrogen and oxygen atoms in total. The molecule has 1 amide bonds. The number of carboxylic acids is 1. The summed E-state index contributed by atoms with van der Waals surface area (Å²) < 4.78 is 27.9. The highest BCUT2D eigenvalue weighted by Crippen LogP contribution is 2.15. The molecule has 0 fully saturated rings. The number of carboxylic acid groups (broad SMARTS) is 1. The predicted molar refractivity (Wildman–Crippen MR) is 88.3 cm³/mol. The molecule has 1 aromatic carbocycles. The maximum absolute atomic E-state index is 12.4. The fourth-order valence-electron chi connectivity index (χ4n) is 2.36. The number of fused-ring (bicyclic) bond motifs is 1. The number of aromatic nitrogens is 4. The average Bonchev–Trinajstić information content (AvgIpc) is 2.99. The van der Waals surface area contributed by atoms with Gasteiger partial charge in [0.15, 0.2) is 0 Å². The fourth-order valence-corrected chi connectivity index (χ4v) is 3.51. The van der Waals surface area contributed by atoms with E-state index in [0.717, 1.165) is 12.1 Å². The van der Waals surface area contributed by atoms with Gasteiger partial charge >= 0.3 is 11.9 Å². The molecule has 0 atom stereocenters. The molecule has 134 valence electrons. The number of hydrogen-bond acceptors (Lipinski definition) is 7. The molecule has 2 aromatic heterocycles. The summed E-state index contributed by atoms with van der Waals surface area (Å²) in [5.74, 6) is -2.77. The van der Waals surface area contributed by atoms with E-state index < -0.39 is 38.2 Å². The van der Waals surface area contributed by atoms with Crippen LogP contribution in [0.2, 0.25) is 0 Å². The molecular formula is C15H13N5O5S. The van der Waals surface area contributed by atoms with Gasteiger partial charge in [-0.15, -0.1) is 5.10 Å². The van der Waals surface area contributed by atoms with Crippen molar-refractivity contribution in [3.8, 4) is 0 Å². The number of carbonyl (C=O) groups excluding carboxylic acids is 1. The monoisotopic (exact) mass is 375 g/mol. The fraction of sp³-hybridized carbons (Fsp3) is 0.133. The first-order chi connectivity index (χ1) is 12.2. The molecule has 3 aromatic rings. The van der Waals surface area contributed by atoms with Gasteiger partial charge in [0, 0.05) is 11.4 Å². The lowest BCUT2D eigenvalue weighted by Crippen LogP contribution is -2.32. The Hall–Kier alpha value is -3.34. The third-order valence-electron chi connectivity index (χ3n) is 3.46. The van der Waals surface area contributed by atoms with Gasteiger partial charge in [-0.25, -0.2) is 27.4 Å². The van der Waals surface area contributed by atoms with Crippen molar-refractivity contribution in [2.24, 2.45) is 0 Å². The predicted octanol–water partition coefficient (Wildman–Crippen LogP) is 0.558. The zero-order valence-electron chi connectivity index (χ0n) is 13.7. The molecule has 2 heterocycles. The largest absolute Gasteiger partial charge is 0.478 e. The Morgan fingerprint density at radius 3 is 2.54 bits per heavy atom. The summed E-state index contributed by atoms with van der Waals surface area (Å²) >= 11 is 0. The van der Waals surface area contributed by atoms with E-state index in [1.54, 1.807) is 24.6 Å². The number of benzene rings is 1. The minimum absolute atomic E-state index is 0.149. The number of nitrogens with one attached hydrogen (secondary N) is 1. The van der Waals surface area contributed by atoms with Crippen LogP contribution < -0.4 is 4.72 Å². The number of nitrogens with zero attached hydrogens (tertiary/aromatic N) is 4. The maximum atomic E-state index is 12.4. The summed E-state index contributed by atoms with van der Waals surface area (Å²) in [6.07, 6.45) is 0. The van der Waals surface area contributed by atoms with Crippen LogP contribution in [-0.4, -0.2) is 45.0 Å². The first-order valence-electron chi connectivity index (χ1n) is 7.29. The molecule has 2 N–H and O–H groups in total. The Morgan fingerprint density at radius 2 is 1.85 bits per heavy atom. The normalized spacial score (nSPS) is 11.5. The lowest BCUT2D eigenvalue weighted by Gasteiger charge is -2.07. The van der Waals surface area contributed by atoms with Crippen molar-refractivity contribution in [2.45, 2.75) is 18.7 Å². The van der Waals surface area contributed by atoms with Crippen molar-refractivity contribution in [3.63, 3.8) is 0 Å². The van der Waals surface area contributed by atoms with Gasteiger partial charge in [0.1, 0.15) is 4.90 Å². The lowest BCUT2D eigenvalue weighted by molar-refractivity contribution is 0.0692. The Balaban J connectivity index is 1.97. The molecule has 0 saturated heterocycles. The van der Waals surface area contributed by atoms with Gasteiger partial charge < -0.3 is 5.11 Å². The summed E-state index contributed by atoms with van der Waals surface area (Å²) in [7, 11) is -4.43. The summed E-state index contributed by atoms with van der Waals surface area (Å²) in [5, 5.41) is 13.1. The van der Waals surface area contributed by atoms with E-state index in [0.29, 0.717) is 11.4 Å². The first-order valence-corrected chi connectivity index (χ1v) is 8.78. The molecule has 0 bridgehead atoms. The topological polar surface area (TPSA) is 144 Å². The Morgan fingerprint density at radius 1 is 1.15 bits per heavy atom. The molecule has 11 heteroatoms. The molecule has 0 aliphatic carbocycles. The number of carbonyl (C=O) groups is 2. The van der Waals surface area contributed by atoms with E-state index in [4.69, 9.17) is 5.11 Å². The van der Waals surface area contributed by atoms with Crippen LogP contribution in [0.25, 0.3) is 5.78 Å². The molecular weight excluding hydrogens is 362 g/mol. The molecule has 0 spiro atoms. The Bertz CT molecular complexity index is 1150. The van der Waals surface area contributed by atoms with Crippen LogP contribution in [0.1, 0.15) is 32.4 Å². The van der Waals surface area contributed by atoms with E-state index >= 15 is 0 Å². The van der Waals surface area contributed by atoms with Crippen LogP contribution in [0.15, 0.2) is 35.2 Å². The van der Waals surface area contributed by atoms with Crippen molar-refractivity contribution >= 4 is 27.7 Å². The number of aryl methyl sites for hydroxylation is 2. The molecule has 3 rings (SSSR count). The summed E-state index contributed by atoms with van der Waals surface area (Å²) in [6, 6.07) is 6.67. The zero-order valence-corrected chi connectivity index (χ0v) is 14.5. The highest BCUT2D eigenvalue weighted by molar-refractivity contribution is 7.90. The SMILES string of the molecule is Cc1cc(C)n2nc(C(=O)NS(=O)(=O)c3ccccc3C(=O)O)nc2n1. The molecule has 26 heavy (non-hydrogen) atoms. The maximum Gasteiger partial charge on any atom is 0.337 e. The number of sulfonamides is 1. The number of amides is 1. The van der Waals surface area contributed by atoms with Gasteiger partial charge in [-0.2, -0.15) is 4.98 Å². The van der Waals surface area contributed by atoms with E-state index in [1.165, 1.54) is 16.6 Å². The number of aromatic carboxylic acids is 1. The standard InChI is InChI=1S/C15H13N5O5S/c1-8-7-9(2)20-15(16-8)17-12(18-20)13(21)19-26(24,25)11-6-4-3-5-10(11)14(22)23/h3-7H,1-2H3,(H,19,21)(H,22,23). The van der Waals surface area contributed by atoms with Gasteiger partial charge in [-0.1, -0.05) is 12.1 Å². The van der Waals surface area contributed by atoms with Crippen LogP contribution in [0.4, 0.5) is 0 Å². The minimum Gasteiger partial charge on any atom is -0.478 e. The van der Waals surface area contributed by atoms with Crippen molar-refractivity contribution in [3.05, 3.63) is 53.1 Å². The summed E-state index contributed by atoms with van der Waals surface area (Å²) in [4.78, 5) is 31.0. The van der Waals surface area contributed by atoms with Crippen molar-refractivity contribution < 1.29 is 23.1 Å². The quantitative estimate of drug-likeness (QED) is 0.673. The van der Waals surface area contributed by atoms with Gasteiger partial charge in [0.05, 0.1) is 5.56 Å². The summed E-state index contributed by atoms with van der Waals surface area (Å²) in [6.45, 7) is 3.48. The highest BCUT2D eigenvalue weighted by Gasteiger charge is 2.26.